The maximum Gasteiger partial charge on any atom is 0.213 e. The van der Waals surface area contributed by atoms with Crippen molar-refractivity contribution in [2.75, 3.05) is 31.2 Å². The first-order chi connectivity index (χ1) is 18.8. The van der Waals surface area contributed by atoms with Crippen molar-refractivity contribution in [2.45, 2.75) is 69.7 Å². The topological polar surface area (TPSA) is 121 Å². The molecule has 0 aliphatic carbocycles. The van der Waals surface area contributed by atoms with Gasteiger partial charge in [-0.3, -0.25) is 5.32 Å². The molecule has 10 nitrogen and oxygen atoms in total. The number of aliphatic hydroxyl groups excluding tert-OH is 2. The SMILES string of the molecule is CC(C)O[C@H](O)NC1CCN(c2ccc(-c3nc4cc(O[C@@H]5CO[C@H]6[C@@H]5OC[C@H]6O)[nH]c4cc3F)cc2)CC1. The number of halogens is 1. The molecular formula is C28H35FN4O6. The number of benzene rings is 1. The molecule has 6 rings (SSSR count). The fraction of sp³-hybridized carbons (Fsp3) is 0.536. The minimum absolute atomic E-state index is 0.0450. The number of piperidine rings is 1. The summed E-state index contributed by atoms with van der Waals surface area (Å²) in [6.45, 7) is 6.00. The van der Waals surface area contributed by atoms with E-state index in [1.165, 1.54) is 6.07 Å². The summed E-state index contributed by atoms with van der Waals surface area (Å²) in [6.07, 6.45) is -0.973. The molecule has 3 fully saturated rings. The van der Waals surface area contributed by atoms with Gasteiger partial charge < -0.3 is 39.0 Å². The summed E-state index contributed by atoms with van der Waals surface area (Å²) in [5, 5.41) is 23.0. The van der Waals surface area contributed by atoms with Crippen molar-refractivity contribution in [3.63, 3.8) is 0 Å². The molecule has 4 N–H and O–H groups in total. The zero-order valence-electron chi connectivity index (χ0n) is 22.0. The molecule has 3 saturated heterocycles. The lowest BCUT2D eigenvalue weighted by Crippen LogP contribution is -2.47. The van der Waals surface area contributed by atoms with Crippen LogP contribution in [0, 0.1) is 5.82 Å². The summed E-state index contributed by atoms with van der Waals surface area (Å²) in [7, 11) is 0. The van der Waals surface area contributed by atoms with Gasteiger partial charge in [-0.05, 0) is 38.8 Å². The standard InChI is InChI=1S/C28H35FN4O6/c1-15(2)38-28(35)30-17-7-9-33(10-8-17)18-5-3-16(4-6-18)25-19(29)11-20-21(32-25)12-24(31-20)39-23-14-37-26-22(34)13-36-27(23)26/h3-6,11-12,15,17,22-23,26-28,30-31,34-35H,7-10,13-14H2,1-2H3/t22-,23-,26-,27-,28+/m1/s1. The van der Waals surface area contributed by atoms with Crippen molar-refractivity contribution < 1.29 is 33.6 Å². The lowest BCUT2D eigenvalue weighted by atomic mass is 10.0. The average Bonchev–Trinajstić information content (AvgIpc) is 3.60. The van der Waals surface area contributed by atoms with Crippen LogP contribution in [0.15, 0.2) is 36.4 Å². The van der Waals surface area contributed by atoms with E-state index in [4.69, 9.17) is 18.9 Å². The number of fused-ring (bicyclic) bond motifs is 2. The Morgan fingerprint density at radius 1 is 1.10 bits per heavy atom. The van der Waals surface area contributed by atoms with Crippen molar-refractivity contribution in [3.05, 3.63) is 42.2 Å². The first-order valence-electron chi connectivity index (χ1n) is 13.6. The van der Waals surface area contributed by atoms with Gasteiger partial charge in [0.2, 0.25) is 6.41 Å². The van der Waals surface area contributed by atoms with Crippen LogP contribution in [0.25, 0.3) is 22.3 Å². The molecule has 39 heavy (non-hydrogen) atoms. The van der Waals surface area contributed by atoms with Crippen LogP contribution >= 0.6 is 0 Å². The molecule has 3 aliphatic rings. The highest BCUT2D eigenvalue weighted by atomic mass is 19.1. The van der Waals surface area contributed by atoms with Crippen LogP contribution < -0.4 is 15.0 Å². The quantitative estimate of drug-likeness (QED) is 0.318. The summed E-state index contributed by atoms with van der Waals surface area (Å²) in [5.41, 5.74) is 3.14. The van der Waals surface area contributed by atoms with E-state index in [9.17, 15) is 10.2 Å². The monoisotopic (exact) mass is 542 g/mol. The highest BCUT2D eigenvalue weighted by Crippen LogP contribution is 2.32. The first-order valence-corrected chi connectivity index (χ1v) is 13.6. The van der Waals surface area contributed by atoms with Crippen molar-refractivity contribution in [1.82, 2.24) is 15.3 Å². The third-order valence-corrected chi connectivity index (χ3v) is 7.57. The van der Waals surface area contributed by atoms with Crippen LogP contribution in [0.1, 0.15) is 26.7 Å². The molecule has 1 aromatic carbocycles. The minimum atomic E-state index is -0.956. The van der Waals surface area contributed by atoms with Crippen LogP contribution in [-0.2, 0) is 14.2 Å². The number of hydrogen-bond acceptors (Lipinski definition) is 9. The Bertz CT molecular complexity index is 1280. The fourth-order valence-corrected chi connectivity index (χ4v) is 5.61. The highest BCUT2D eigenvalue weighted by Gasteiger charge is 2.48. The lowest BCUT2D eigenvalue weighted by molar-refractivity contribution is -0.150. The van der Waals surface area contributed by atoms with E-state index in [0.717, 1.165) is 31.6 Å². The van der Waals surface area contributed by atoms with Gasteiger partial charge >= 0.3 is 0 Å². The normalized spacial score (nSPS) is 26.5. The summed E-state index contributed by atoms with van der Waals surface area (Å²) in [5.74, 6) is 0.0223. The molecule has 0 amide bonds. The van der Waals surface area contributed by atoms with Crippen molar-refractivity contribution >= 4 is 16.7 Å². The van der Waals surface area contributed by atoms with Crippen molar-refractivity contribution in [2.24, 2.45) is 0 Å². The summed E-state index contributed by atoms with van der Waals surface area (Å²) in [4.78, 5) is 9.93. The van der Waals surface area contributed by atoms with Crippen LogP contribution in [0.2, 0.25) is 0 Å². The van der Waals surface area contributed by atoms with E-state index < -0.39 is 18.3 Å². The molecule has 3 aromatic rings. The molecule has 3 aliphatic heterocycles. The molecule has 0 spiro atoms. The Morgan fingerprint density at radius 3 is 2.59 bits per heavy atom. The number of hydrogen-bond donors (Lipinski definition) is 4. The zero-order valence-corrected chi connectivity index (χ0v) is 22.0. The van der Waals surface area contributed by atoms with Gasteiger partial charge in [-0.2, -0.15) is 0 Å². The second kappa shape index (κ2) is 11.0. The molecule has 11 heteroatoms. The Labute approximate surface area is 226 Å². The van der Waals surface area contributed by atoms with E-state index in [1.54, 1.807) is 6.07 Å². The molecule has 2 aromatic heterocycles. The predicted octanol–water partition coefficient (Wildman–Crippen LogP) is 2.53. The number of ether oxygens (including phenoxy) is 4. The molecule has 5 heterocycles. The van der Waals surface area contributed by atoms with Gasteiger partial charge in [-0.15, -0.1) is 0 Å². The van der Waals surface area contributed by atoms with Gasteiger partial charge in [-0.25, -0.2) is 9.37 Å². The average molecular weight is 543 g/mol. The zero-order chi connectivity index (χ0) is 27.1. The van der Waals surface area contributed by atoms with Gasteiger partial charge in [0.05, 0.1) is 30.4 Å². The van der Waals surface area contributed by atoms with Gasteiger partial charge in [-0.1, -0.05) is 12.1 Å². The van der Waals surface area contributed by atoms with Gasteiger partial charge in [0.1, 0.15) is 24.0 Å². The molecule has 5 atom stereocenters. The number of pyridine rings is 1. The van der Waals surface area contributed by atoms with E-state index in [-0.39, 0.29) is 42.8 Å². The number of nitrogens with zero attached hydrogens (tertiary/aromatic N) is 2. The molecule has 0 bridgehead atoms. The first kappa shape index (κ1) is 26.4. The van der Waals surface area contributed by atoms with Crippen molar-refractivity contribution in [3.8, 4) is 17.1 Å². The summed E-state index contributed by atoms with van der Waals surface area (Å²) < 4.78 is 37.7. The second-order valence-electron chi connectivity index (χ2n) is 10.7. The molecular weight excluding hydrogens is 507 g/mol. The predicted molar refractivity (Wildman–Crippen MR) is 142 cm³/mol. The molecule has 0 saturated carbocycles. The van der Waals surface area contributed by atoms with Gasteiger partial charge in [0.15, 0.2) is 17.8 Å². The maximum absolute atomic E-state index is 15.1. The number of anilines is 1. The van der Waals surface area contributed by atoms with Crippen molar-refractivity contribution in [1.29, 1.82) is 0 Å². The molecule has 0 unspecified atom stereocenters. The van der Waals surface area contributed by atoms with E-state index >= 15 is 4.39 Å². The largest absolute Gasteiger partial charge is 0.470 e. The van der Waals surface area contributed by atoms with E-state index in [2.05, 4.69) is 20.2 Å². The summed E-state index contributed by atoms with van der Waals surface area (Å²) in [6, 6.07) is 11.1. The highest BCUT2D eigenvalue weighted by molar-refractivity contribution is 5.81. The van der Waals surface area contributed by atoms with E-state index in [1.807, 2.05) is 38.1 Å². The van der Waals surface area contributed by atoms with Gasteiger partial charge in [0, 0.05) is 42.5 Å². The number of aliphatic hydroxyl groups is 2. The van der Waals surface area contributed by atoms with Crippen LogP contribution in [0.3, 0.4) is 0 Å². The third-order valence-electron chi connectivity index (χ3n) is 7.57. The summed E-state index contributed by atoms with van der Waals surface area (Å²) >= 11 is 0. The van der Waals surface area contributed by atoms with Crippen LogP contribution in [0.4, 0.5) is 10.1 Å². The smallest absolute Gasteiger partial charge is 0.213 e. The number of H-pyrrole nitrogens is 1. The number of aromatic nitrogens is 2. The van der Waals surface area contributed by atoms with E-state index in [0.29, 0.717) is 29.1 Å². The molecule has 210 valence electrons. The Morgan fingerprint density at radius 2 is 1.85 bits per heavy atom. The molecule has 0 radical (unpaired) electrons. The minimum Gasteiger partial charge on any atom is -0.470 e. The fourth-order valence-electron chi connectivity index (χ4n) is 5.61. The number of aromatic amines is 1. The Hall–Kier alpha value is -2.80. The maximum atomic E-state index is 15.1. The number of rotatable bonds is 8. The number of nitrogens with one attached hydrogen (secondary N) is 2. The lowest BCUT2D eigenvalue weighted by Gasteiger charge is -2.35. The van der Waals surface area contributed by atoms with Crippen LogP contribution in [0.5, 0.6) is 5.88 Å². The van der Waals surface area contributed by atoms with Crippen LogP contribution in [-0.4, -0.2) is 89.5 Å². The third kappa shape index (κ3) is 5.60. The Balaban J connectivity index is 1.10. The van der Waals surface area contributed by atoms with Gasteiger partial charge in [0.25, 0.3) is 0 Å². The Kier molecular flexibility index (Phi) is 7.45. The second-order valence-corrected chi connectivity index (χ2v) is 10.7.